The van der Waals surface area contributed by atoms with Crippen molar-refractivity contribution >= 4 is 28.5 Å². The van der Waals surface area contributed by atoms with Crippen LogP contribution >= 0.6 is 0 Å². The molecule has 1 amide bonds. The Bertz CT molecular complexity index is 720. The molecule has 0 saturated carbocycles. The lowest BCUT2D eigenvalue weighted by Gasteiger charge is -2.24. The highest BCUT2D eigenvalue weighted by molar-refractivity contribution is 5.97. The SMILES string of the molecule is O=C(O)[C@H]1CC=CC[C@@H]1C(=O)Nc1ccc2cn[nH]c2c1. The summed E-state index contributed by atoms with van der Waals surface area (Å²) in [6, 6.07) is 5.42. The Labute approximate surface area is 120 Å². The molecule has 0 aliphatic heterocycles. The molecule has 0 fully saturated rings. The van der Waals surface area contributed by atoms with Gasteiger partial charge in [-0.3, -0.25) is 14.7 Å². The molecular weight excluding hydrogens is 270 g/mol. The van der Waals surface area contributed by atoms with Gasteiger partial charge < -0.3 is 10.4 Å². The number of carbonyl (C=O) groups is 2. The molecule has 1 aromatic carbocycles. The third kappa shape index (κ3) is 2.65. The molecule has 0 bridgehead atoms. The van der Waals surface area contributed by atoms with Crippen LogP contribution in [0.25, 0.3) is 10.9 Å². The number of aromatic nitrogens is 2. The van der Waals surface area contributed by atoms with E-state index >= 15 is 0 Å². The maximum atomic E-state index is 12.3. The summed E-state index contributed by atoms with van der Waals surface area (Å²) >= 11 is 0. The third-order valence-corrected chi connectivity index (χ3v) is 3.80. The Morgan fingerprint density at radius 3 is 2.76 bits per heavy atom. The van der Waals surface area contributed by atoms with Crippen molar-refractivity contribution in [3.63, 3.8) is 0 Å². The number of hydrogen-bond acceptors (Lipinski definition) is 3. The van der Waals surface area contributed by atoms with Crippen molar-refractivity contribution in [1.82, 2.24) is 10.2 Å². The molecule has 1 aliphatic carbocycles. The van der Waals surface area contributed by atoms with Crippen LogP contribution in [0.3, 0.4) is 0 Å². The zero-order valence-electron chi connectivity index (χ0n) is 11.2. The standard InChI is InChI=1S/C15H15N3O3/c19-14(11-3-1-2-4-12(11)15(20)21)17-10-6-5-9-8-16-18-13(9)7-10/h1-2,5-8,11-12H,3-4H2,(H,16,18)(H,17,19)(H,20,21)/t11-,12-/m0/s1. The van der Waals surface area contributed by atoms with Crippen molar-refractivity contribution in [2.75, 3.05) is 5.32 Å². The molecule has 2 aromatic rings. The van der Waals surface area contributed by atoms with Crippen molar-refractivity contribution < 1.29 is 14.7 Å². The number of rotatable bonds is 3. The largest absolute Gasteiger partial charge is 0.481 e. The number of aromatic amines is 1. The van der Waals surface area contributed by atoms with E-state index in [1.54, 1.807) is 18.3 Å². The van der Waals surface area contributed by atoms with Gasteiger partial charge in [-0.1, -0.05) is 12.2 Å². The average Bonchev–Trinajstić information content (AvgIpc) is 2.94. The second kappa shape index (κ2) is 5.40. The van der Waals surface area contributed by atoms with Gasteiger partial charge in [-0.25, -0.2) is 0 Å². The Morgan fingerprint density at radius 1 is 1.24 bits per heavy atom. The van der Waals surface area contributed by atoms with Gasteiger partial charge in [-0.05, 0) is 31.0 Å². The number of aliphatic carboxylic acids is 1. The highest BCUT2D eigenvalue weighted by atomic mass is 16.4. The van der Waals surface area contributed by atoms with Gasteiger partial charge in [0.05, 0.1) is 23.5 Å². The zero-order chi connectivity index (χ0) is 14.8. The fraction of sp³-hybridized carbons (Fsp3) is 0.267. The van der Waals surface area contributed by atoms with Crippen molar-refractivity contribution in [2.45, 2.75) is 12.8 Å². The summed E-state index contributed by atoms with van der Waals surface area (Å²) in [5.41, 5.74) is 1.46. The van der Waals surface area contributed by atoms with E-state index in [0.29, 0.717) is 18.5 Å². The Balaban J connectivity index is 1.78. The second-order valence-corrected chi connectivity index (χ2v) is 5.16. The van der Waals surface area contributed by atoms with Crippen LogP contribution in [-0.4, -0.2) is 27.2 Å². The van der Waals surface area contributed by atoms with Crippen molar-refractivity contribution in [3.8, 4) is 0 Å². The minimum absolute atomic E-state index is 0.259. The number of nitrogens with zero attached hydrogens (tertiary/aromatic N) is 1. The summed E-state index contributed by atoms with van der Waals surface area (Å²) in [5, 5.41) is 19.7. The number of benzene rings is 1. The van der Waals surface area contributed by atoms with E-state index in [4.69, 9.17) is 0 Å². The molecule has 6 nitrogen and oxygen atoms in total. The van der Waals surface area contributed by atoms with Gasteiger partial charge in [0, 0.05) is 11.1 Å². The van der Waals surface area contributed by atoms with Crippen LogP contribution in [0, 0.1) is 11.8 Å². The maximum absolute atomic E-state index is 12.3. The molecule has 3 N–H and O–H groups in total. The molecule has 2 atom stereocenters. The first-order chi connectivity index (χ1) is 10.1. The molecule has 1 aliphatic rings. The van der Waals surface area contributed by atoms with Gasteiger partial charge in [0.2, 0.25) is 5.91 Å². The number of carboxylic acids is 1. The number of H-pyrrole nitrogens is 1. The first-order valence-electron chi connectivity index (χ1n) is 6.77. The fourth-order valence-electron chi connectivity index (χ4n) is 2.63. The summed E-state index contributed by atoms with van der Waals surface area (Å²) in [6.07, 6.45) is 6.23. The van der Waals surface area contributed by atoms with E-state index in [9.17, 15) is 14.7 Å². The molecule has 6 heteroatoms. The lowest BCUT2D eigenvalue weighted by Crippen LogP contribution is -2.34. The van der Waals surface area contributed by atoms with Crippen LogP contribution in [0.5, 0.6) is 0 Å². The van der Waals surface area contributed by atoms with Crippen LogP contribution in [0.4, 0.5) is 5.69 Å². The van der Waals surface area contributed by atoms with Crippen LogP contribution in [0.2, 0.25) is 0 Å². The number of anilines is 1. The van der Waals surface area contributed by atoms with E-state index in [2.05, 4.69) is 15.5 Å². The van der Waals surface area contributed by atoms with E-state index in [1.807, 2.05) is 18.2 Å². The topological polar surface area (TPSA) is 95.1 Å². The first-order valence-corrected chi connectivity index (χ1v) is 6.77. The van der Waals surface area contributed by atoms with E-state index < -0.39 is 17.8 Å². The van der Waals surface area contributed by atoms with Crippen LogP contribution in [-0.2, 0) is 9.59 Å². The molecule has 3 rings (SSSR count). The normalized spacial score (nSPS) is 21.3. The number of allylic oxidation sites excluding steroid dienone is 2. The summed E-state index contributed by atoms with van der Waals surface area (Å²) in [5.74, 6) is -2.38. The van der Waals surface area contributed by atoms with Gasteiger partial charge >= 0.3 is 5.97 Å². The highest BCUT2D eigenvalue weighted by Gasteiger charge is 2.33. The Kier molecular flexibility index (Phi) is 3.43. The van der Waals surface area contributed by atoms with Crippen LogP contribution in [0.1, 0.15) is 12.8 Å². The summed E-state index contributed by atoms with van der Waals surface area (Å²) < 4.78 is 0. The van der Waals surface area contributed by atoms with Crippen molar-refractivity contribution in [3.05, 3.63) is 36.5 Å². The van der Waals surface area contributed by atoms with Gasteiger partial charge in [-0.15, -0.1) is 0 Å². The first kappa shape index (κ1) is 13.4. The summed E-state index contributed by atoms with van der Waals surface area (Å²) in [4.78, 5) is 23.6. The lowest BCUT2D eigenvalue weighted by molar-refractivity contribution is -0.146. The molecule has 1 heterocycles. The number of carbonyl (C=O) groups excluding carboxylic acids is 1. The average molecular weight is 285 g/mol. The van der Waals surface area contributed by atoms with Gasteiger partial charge in [-0.2, -0.15) is 5.10 Å². The molecule has 0 radical (unpaired) electrons. The molecule has 1 aromatic heterocycles. The zero-order valence-corrected chi connectivity index (χ0v) is 11.2. The smallest absolute Gasteiger partial charge is 0.307 e. The molecule has 21 heavy (non-hydrogen) atoms. The van der Waals surface area contributed by atoms with Crippen LogP contribution in [0.15, 0.2) is 36.5 Å². The third-order valence-electron chi connectivity index (χ3n) is 3.80. The highest BCUT2D eigenvalue weighted by Crippen LogP contribution is 2.27. The molecular formula is C15H15N3O3. The Hall–Kier alpha value is -2.63. The predicted octanol–water partition coefficient (Wildman–Crippen LogP) is 2.17. The van der Waals surface area contributed by atoms with E-state index in [1.165, 1.54) is 0 Å². The molecule has 108 valence electrons. The van der Waals surface area contributed by atoms with Gasteiger partial charge in [0.15, 0.2) is 0 Å². The lowest BCUT2D eigenvalue weighted by atomic mass is 9.82. The number of fused-ring (bicyclic) bond motifs is 1. The maximum Gasteiger partial charge on any atom is 0.307 e. The van der Waals surface area contributed by atoms with Gasteiger partial charge in [0.25, 0.3) is 0 Å². The molecule has 0 unspecified atom stereocenters. The summed E-state index contributed by atoms with van der Waals surface area (Å²) in [7, 11) is 0. The number of hydrogen-bond donors (Lipinski definition) is 3. The second-order valence-electron chi connectivity index (χ2n) is 5.16. The number of carboxylic acid groups (broad SMARTS) is 1. The predicted molar refractivity (Wildman–Crippen MR) is 77.7 cm³/mol. The van der Waals surface area contributed by atoms with E-state index in [-0.39, 0.29) is 5.91 Å². The van der Waals surface area contributed by atoms with Gasteiger partial charge in [0.1, 0.15) is 0 Å². The van der Waals surface area contributed by atoms with Crippen molar-refractivity contribution in [2.24, 2.45) is 11.8 Å². The minimum Gasteiger partial charge on any atom is -0.481 e. The monoisotopic (exact) mass is 285 g/mol. The minimum atomic E-state index is -0.927. The van der Waals surface area contributed by atoms with E-state index in [0.717, 1.165) is 10.9 Å². The molecule has 0 saturated heterocycles. The quantitative estimate of drug-likeness (QED) is 0.753. The molecule has 0 spiro atoms. The Morgan fingerprint density at radius 2 is 2.00 bits per heavy atom. The number of amides is 1. The van der Waals surface area contributed by atoms with Crippen LogP contribution < -0.4 is 5.32 Å². The fourth-order valence-corrected chi connectivity index (χ4v) is 2.63. The summed E-state index contributed by atoms with van der Waals surface area (Å²) in [6.45, 7) is 0. The number of nitrogens with one attached hydrogen (secondary N) is 2. The van der Waals surface area contributed by atoms with Crippen molar-refractivity contribution in [1.29, 1.82) is 0 Å².